The van der Waals surface area contributed by atoms with Crippen LogP contribution in [0.1, 0.15) is 74.7 Å². The molecule has 13 atom stereocenters. The zero-order chi connectivity index (χ0) is 38.2. The van der Waals surface area contributed by atoms with Crippen molar-refractivity contribution in [1.82, 2.24) is 15.1 Å². The molecular formula is C36H58N4O11. The minimum Gasteiger partial charge on any atom is -0.458 e. The lowest BCUT2D eigenvalue weighted by molar-refractivity contribution is -0.296. The summed E-state index contributed by atoms with van der Waals surface area (Å²) < 4.78 is 37.3. The number of carbonyl (C=O) groups is 5. The van der Waals surface area contributed by atoms with Gasteiger partial charge in [-0.2, -0.15) is 0 Å². The van der Waals surface area contributed by atoms with Crippen LogP contribution in [0.15, 0.2) is 4.99 Å². The van der Waals surface area contributed by atoms with Crippen molar-refractivity contribution in [1.29, 1.82) is 0 Å². The van der Waals surface area contributed by atoms with Gasteiger partial charge in [-0.3, -0.25) is 24.3 Å². The summed E-state index contributed by atoms with van der Waals surface area (Å²) in [6.07, 6.45) is -4.82. The zero-order valence-electron chi connectivity index (χ0n) is 32.2. The molecule has 0 aliphatic carbocycles. The van der Waals surface area contributed by atoms with Crippen LogP contribution in [0.2, 0.25) is 0 Å². The average molecular weight is 723 g/mol. The number of fused-ring (bicyclic) bond motifs is 4. The molecule has 4 aliphatic heterocycles. The Labute approximate surface area is 301 Å². The van der Waals surface area contributed by atoms with E-state index in [0.717, 1.165) is 0 Å². The second-order valence-electron chi connectivity index (χ2n) is 15.4. The van der Waals surface area contributed by atoms with Crippen molar-refractivity contribution in [2.75, 3.05) is 41.3 Å². The van der Waals surface area contributed by atoms with Crippen LogP contribution >= 0.6 is 0 Å². The van der Waals surface area contributed by atoms with Gasteiger partial charge in [0.1, 0.15) is 35.6 Å². The topological polar surface area (TPSA) is 172 Å². The van der Waals surface area contributed by atoms with E-state index < -0.39 is 89.5 Å². The number of methoxy groups -OCH3 is 1. The summed E-state index contributed by atoms with van der Waals surface area (Å²) in [5, 5.41) is 2.74. The summed E-state index contributed by atoms with van der Waals surface area (Å²) in [6, 6.07) is -1.01. The number of Topliss-reactive ketones (excluding diaryl/α,β-unsaturated/α-hetero) is 2. The quantitative estimate of drug-likeness (QED) is 0.250. The Balaban J connectivity index is 1.95. The molecule has 2 bridgehead atoms. The molecule has 2 amide bonds. The van der Waals surface area contributed by atoms with E-state index in [9.17, 15) is 24.0 Å². The molecule has 4 saturated heterocycles. The molecule has 4 heterocycles. The summed E-state index contributed by atoms with van der Waals surface area (Å²) in [6.45, 7) is 13.4. The summed E-state index contributed by atoms with van der Waals surface area (Å²) in [5.41, 5.74) is -2.68. The second kappa shape index (κ2) is 15.8. The zero-order valence-corrected chi connectivity index (χ0v) is 32.2. The number of ketones is 2. The Hall–Kier alpha value is -3.14. The third-order valence-corrected chi connectivity index (χ3v) is 11.4. The number of likely N-dealkylation sites (N-methyl/N-ethyl adjacent to an activating group) is 1. The van der Waals surface area contributed by atoms with E-state index in [1.807, 2.05) is 25.9 Å². The summed E-state index contributed by atoms with van der Waals surface area (Å²) in [7, 11) is 6.94. The molecule has 4 fully saturated rings. The predicted molar refractivity (Wildman–Crippen MR) is 185 cm³/mol. The van der Waals surface area contributed by atoms with E-state index in [2.05, 4.69) is 10.3 Å². The third-order valence-electron chi connectivity index (χ3n) is 11.4. The monoisotopic (exact) mass is 722 g/mol. The molecule has 4 aliphatic rings. The van der Waals surface area contributed by atoms with Gasteiger partial charge in [-0.1, -0.05) is 27.7 Å². The highest BCUT2D eigenvalue weighted by Gasteiger charge is 2.61. The molecule has 0 radical (unpaired) electrons. The van der Waals surface area contributed by atoms with Crippen molar-refractivity contribution in [2.45, 2.75) is 129 Å². The van der Waals surface area contributed by atoms with Crippen molar-refractivity contribution in [3.05, 3.63) is 0 Å². The summed E-state index contributed by atoms with van der Waals surface area (Å²) >= 11 is 0. The molecule has 0 aromatic rings. The van der Waals surface area contributed by atoms with Crippen LogP contribution in [-0.4, -0.2) is 141 Å². The number of hydrogen-bond donors (Lipinski definition) is 1. The first-order chi connectivity index (χ1) is 23.8. The van der Waals surface area contributed by atoms with Gasteiger partial charge in [0.2, 0.25) is 0 Å². The largest absolute Gasteiger partial charge is 0.458 e. The first-order valence-corrected chi connectivity index (χ1v) is 18.0. The predicted octanol–water partition coefficient (Wildman–Crippen LogP) is 3.01. The van der Waals surface area contributed by atoms with E-state index in [-0.39, 0.29) is 43.9 Å². The van der Waals surface area contributed by atoms with Gasteiger partial charge < -0.3 is 38.6 Å². The Kier molecular flexibility index (Phi) is 12.6. The maximum atomic E-state index is 14.6. The average Bonchev–Trinajstić information content (AvgIpc) is 3.33. The number of ether oxygens (including phenoxy) is 6. The summed E-state index contributed by atoms with van der Waals surface area (Å²) in [4.78, 5) is 77.9. The van der Waals surface area contributed by atoms with E-state index >= 15 is 0 Å². The van der Waals surface area contributed by atoms with Gasteiger partial charge in [-0.15, -0.1) is 0 Å². The molecule has 0 aromatic carbocycles. The van der Waals surface area contributed by atoms with Crippen LogP contribution in [0, 0.1) is 23.7 Å². The fourth-order valence-corrected chi connectivity index (χ4v) is 8.61. The Morgan fingerprint density at radius 1 is 1.00 bits per heavy atom. The van der Waals surface area contributed by atoms with Crippen LogP contribution < -0.4 is 5.32 Å². The van der Waals surface area contributed by atoms with Crippen LogP contribution in [0.3, 0.4) is 0 Å². The van der Waals surface area contributed by atoms with Crippen molar-refractivity contribution >= 4 is 35.4 Å². The van der Waals surface area contributed by atoms with Crippen molar-refractivity contribution in [2.24, 2.45) is 28.7 Å². The van der Waals surface area contributed by atoms with Crippen molar-refractivity contribution < 1.29 is 52.4 Å². The lowest BCUT2D eigenvalue weighted by atomic mass is 9.73. The molecule has 288 valence electrons. The van der Waals surface area contributed by atoms with Crippen LogP contribution in [0.5, 0.6) is 0 Å². The molecule has 15 nitrogen and oxygen atoms in total. The highest BCUT2D eigenvalue weighted by molar-refractivity contribution is 6.00. The lowest BCUT2D eigenvalue weighted by Crippen LogP contribution is -2.61. The number of rotatable bonds is 5. The highest BCUT2D eigenvalue weighted by atomic mass is 16.7. The number of esters is 1. The normalized spacial score (nSPS) is 42.5. The van der Waals surface area contributed by atoms with Gasteiger partial charge in [0.15, 0.2) is 17.7 Å². The van der Waals surface area contributed by atoms with Crippen LogP contribution in [-0.2, 0) is 42.8 Å². The second-order valence-corrected chi connectivity index (χ2v) is 15.4. The van der Waals surface area contributed by atoms with Crippen LogP contribution in [0.4, 0.5) is 9.59 Å². The number of aliphatic imine (C=N–C) groups is 1. The van der Waals surface area contributed by atoms with Crippen molar-refractivity contribution in [3.63, 3.8) is 0 Å². The van der Waals surface area contributed by atoms with Gasteiger partial charge in [0.05, 0.1) is 30.9 Å². The first kappa shape index (κ1) is 40.6. The van der Waals surface area contributed by atoms with Gasteiger partial charge in [0, 0.05) is 38.0 Å². The fraction of sp³-hybridized carbons (Fsp3) is 0.833. The molecule has 4 rings (SSSR count). The number of nitrogens with one attached hydrogen (secondary N) is 1. The number of cyclic esters (lactones) is 1. The molecule has 0 aromatic heterocycles. The number of nitrogens with zero attached hydrogens (tertiary/aromatic N) is 3. The van der Waals surface area contributed by atoms with Gasteiger partial charge >= 0.3 is 18.2 Å². The standard InChI is InChI=1S/C36H58N4O11/c1-13-25-36(8)29-20(4)26(41)18(2)15-35(7,50-33(44)38-16-23(37-9)17-40(29)34(45)51-36)30(21(5)27(42)22(6)31(43)48-25)49-32-28(46-12)24(39(10)11)14-19(3)47-32/h18-22,24-25,28-30,32H,13-17H2,1-12H3,(H,38,44)/t18-,19-,20+,21+,22?,24+,25-,28-,29-,30-,32+,35-,36-/m1/s1. The number of alkyl carbamates (subject to hydrolysis) is 1. The molecule has 0 spiro atoms. The minimum absolute atomic E-state index is 0.0636. The van der Waals surface area contributed by atoms with Crippen LogP contribution in [0.25, 0.3) is 0 Å². The molecule has 51 heavy (non-hydrogen) atoms. The maximum absolute atomic E-state index is 14.6. The highest BCUT2D eigenvalue weighted by Crippen LogP contribution is 2.43. The Bertz CT molecular complexity index is 1370. The summed E-state index contributed by atoms with van der Waals surface area (Å²) in [5.74, 6) is -5.53. The van der Waals surface area contributed by atoms with E-state index in [1.165, 1.54) is 18.9 Å². The minimum atomic E-state index is -1.63. The van der Waals surface area contributed by atoms with E-state index in [1.54, 1.807) is 48.7 Å². The Morgan fingerprint density at radius 2 is 1.67 bits per heavy atom. The van der Waals surface area contributed by atoms with E-state index in [4.69, 9.17) is 28.4 Å². The lowest BCUT2D eigenvalue weighted by Gasteiger charge is -2.47. The van der Waals surface area contributed by atoms with Gasteiger partial charge in [0.25, 0.3) is 0 Å². The Morgan fingerprint density at radius 3 is 2.25 bits per heavy atom. The first-order valence-electron chi connectivity index (χ1n) is 18.0. The van der Waals surface area contributed by atoms with Gasteiger partial charge in [-0.25, -0.2) is 9.59 Å². The van der Waals surface area contributed by atoms with E-state index in [0.29, 0.717) is 12.1 Å². The molecular weight excluding hydrogens is 664 g/mol. The maximum Gasteiger partial charge on any atom is 0.411 e. The molecule has 1 unspecified atom stereocenters. The third kappa shape index (κ3) is 7.96. The number of amides is 2. The number of carbonyl (C=O) groups excluding carboxylic acids is 5. The smallest absolute Gasteiger partial charge is 0.411 e. The number of hydrogen-bond acceptors (Lipinski definition) is 13. The van der Waals surface area contributed by atoms with Gasteiger partial charge in [-0.05, 0) is 61.1 Å². The molecule has 15 heteroatoms. The molecule has 1 N–H and O–H groups in total. The van der Waals surface area contributed by atoms with Crippen molar-refractivity contribution in [3.8, 4) is 0 Å². The SMILES string of the molecule is CC[C@H]1OC(=O)C(C)C(=O)[C@H](C)[C@@H](O[C@@H]2O[C@H](C)C[C@H](N(C)C)[C@H]2OC)[C@@]2(C)C[C@@H](C)C(=O)[C@H](C)[C@H]3N(CC(=NC)CNC(=O)O2)C(=O)O[C@]13C. The molecule has 0 saturated carbocycles. The fourth-order valence-electron chi connectivity index (χ4n) is 8.61.